The number of nitrogens with zero attached hydrogens (tertiary/aromatic N) is 4. The van der Waals surface area contributed by atoms with E-state index in [0.717, 1.165) is 97.2 Å². The summed E-state index contributed by atoms with van der Waals surface area (Å²) >= 11 is 6.05. The minimum atomic E-state index is -0.809. The molecule has 4 rings (SSSR count). The van der Waals surface area contributed by atoms with Crippen LogP contribution in [-0.4, -0.2) is 49.5 Å². The lowest BCUT2D eigenvalue weighted by Gasteiger charge is -2.23. The van der Waals surface area contributed by atoms with Crippen LogP contribution in [0.3, 0.4) is 0 Å². The van der Waals surface area contributed by atoms with E-state index in [1.807, 2.05) is 36.4 Å². The van der Waals surface area contributed by atoms with Gasteiger partial charge in [0.25, 0.3) is 0 Å². The third-order valence-electron chi connectivity index (χ3n) is 7.13. The maximum absolute atomic E-state index is 11.5. The number of rotatable bonds is 14. The van der Waals surface area contributed by atoms with Crippen LogP contribution in [0.4, 0.5) is 5.82 Å². The maximum atomic E-state index is 11.5. The quantitative estimate of drug-likeness (QED) is 0.186. The van der Waals surface area contributed by atoms with Crippen LogP contribution in [-0.2, 0) is 24.3 Å². The molecule has 0 bridgehead atoms. The lowest BCUT2D eigenvalue weighted by atomic mass is 9.99. The lowest BCUT2D eigenvalue weighted by Crippen LogP contribution is -2.27. The van der Waals surface area contributed by atoms with Gasteiger partial charge >= 0.3 is 5.97 Å². The molecule has 3 N–H and O–H groups in total. The van der Waals surface area contributed by atoms with E-state index in [2.05, 4.69) is 33.5 Å². The topological polar surface area (TPSA) is 97.3 Å². The standard InChI is InChI=1S/C30H38ClN5O2/c1-3-4-14-26-34-27-28(24-12-5-6-13-25(24)33-29(27)32)36(26)18-9-17-35(16-8-15-31)20-22-10-7-11-23(19-22)21(2)30(37)38/h5-7,10-13,19,21H,3-4,8-9,14-18,20H2,1-2H3,(H2,32,33)(H,37,38). The Bertz CT molecular complexity index is 1390. The number of nitrogens with two attached hydrogens (primary N) is 1. The Balaban J connectivity index is 1.56. The number of aryl methyl sites for hydroxylation is 2. The van der Waals surface area contributed by atoms with E-state index < -0.39 is 11.9 Å². The molecule has 0 saturated heterocycles. The van der Waals surface area contributed by atoms with Crippen LogP contribution in [0, 0.1) is 0 Å². The smallest absolute Gasteiger partial charge is 0.310 e. The summed E-state index contributed by atoms with van der Waals surface area (Å²) in [6.07, 6.45) is 4.92. The molecule has 7 nitrogen and oxygen atoms in total. The fourth-order valence-corrected chi connectivity index (χ4v) is 5.16. The average molecular weight is 536 g/mol. The van der Waals surface area contributed by atoms with Crippen LogP contribution in [0.1, 0.15) is 62.4 Å². The molecule has 8 heteroatoms. The van der Waals surface area contributed by atoms with Gasteiger partial charge in [-0.05, 0) is 49.9 Å². The second-order valence-electron chi connectivity index (χ2n) is 9.97. The first kappa shape index (κ1) is 27.9. The van der Waals surface area contributed by atoms with E-state index in [0.29, 0.717) is 11.7 Å². The highest BCUT2D eigenvalue weighted by Crippen LogP contribution is 2.29. The van der Waals surface area contributed by atoms with Crippen molar-refractivity contribution in [3.8, 4) is 0 Å². The number of alkyl halides is 1. The molecule has 0 aliphatic heterocycles. The number of unbranched alkanes of at least 4 members (excludes halogenated alkanes) is 1. The molecular formula is C30H38ClN5O2. The first-order valence-corrected chi connectivity index (χ1v) is 14.1. The van der Waals surface area contributed by atoms with Crippen molar-refractivity contribution in [2.45, 2.75) is 65.0 Å². The number of carboxylic acid groups (broad SMARTS) is 1. The Hall–Kier alpha value is -3.16. The van der Waals surface area contributed by atoms with Gasteiger partial charge in [0.2, 0.25) is 0 Å². The Morgan fingerprint density at radius 2 is 1.89 bits per heavy atom. The van der Waals surface area contributed by atoms with Crippen LogP contribution in [0.5, 0.6) is 0 Å². The van der Waals surface area contributed by atoms with Crippen molar-refractivity contribution in [2.24, 2.45) is 0 Å². The maximum Gasteiger partial charge on any atom is 0.310 e. The number of carboxylic acids is 1. The number of halogens is 1. The zero-order valence-electron chi connectivity index (χ0n) is 22.4. The third kappa shape index (κ3) is 6.45. The number of para-hydroxylation sites is 1. The van der Waals surface area contributed by atoms with Gasteiger partial charge in [-0.25, -0.2) is 9.97 Å². The molecule has 0 amide bonds. The van der Waals surface area contributed by atoms with E-state index >= 15 is 0 Å². The van der Waals surface area contributed by atoms with E-state index in [-0.39, 0.29) is 0 Å². The average Bonchev–Trinajstić information content (AvgIpc) is 3.29. The first-order valence-electron chi connectivity index (χ1n) is 13.6. The van der Waals surface area contributed by atoms with Gasteiger partial charge in [-0.1, -0.05) is 55.8 Å². The van der Waals surface area contributed by atoms with Crippen molar-refractivity contribution in [2.75, 3.05) is 24.7 Å². The van der Waals surface area contributed by atoms with Crippen molar-refractivity contribution in [1.82, 2.24) is 19.4 Å². The summed E-state index contributed by atoms with van der Waals surface area (Å²) in [5, 5.41) is 10.5. The van der Waals surface area contributed by atoms with E-state index in [1.165, 1.54) is 0 Å². The summed E-state index contributed by atoms with van der Waals surface area (Å²) in [6, 6.07) is 16.0. The highest BCUT2D eigenvalue weighted by Gasteiger charge is 2.18. The number of hydrogen-bond acceptors (Lipinski definition) is 5. The predicted molar refractivity (Wildman–Crippen MR) is 156 cm³/mol. The Kier molecular flexibility index (Phi) is 9.58. The molecule has 0 fully saturated rings. The number of carbonyl (C=O) groups is 1. The van der Waals surface area contributed by atoms with E-state index in [4.69, 9.17) is 22.3 Å². The summed E-state index contributed by atoms with van der Waals surface area (Å²) in [5.74, 6) is 0.817. The minimum Gasteiger partial charge on any atom is -0.481 e. The summed E-state index contributed by atoms with van der Waals surface area (Å²) < 4.78 is 2.35. The number of benzene rings is 2. The fraction of sp³-hybridized carbons (Fsp3) is 0.433. The van der Waals surface area contributed by atoms with Crippen LogP contribution in [0.25, 0.3) is 21.9 Å². The van der Waals surface area contributed by atoms with Gasteiger partial charge in [0.1, 0.15) is 11.3 Å². The van der Waals surface area contributed by atoms with Crippen LogP contribution in [0.2, 0.25) is 0 Å². The van der Waals surface area contributed by atoms with Gasteiger partial charge in [0, 0.05) is 37.3 Å². The van der Waals surface area contributed by atoms with Gasteiger partial charge in [-0.3, -0.25) is 9.69 Å². The largest absolute Gasteiger partial charge is 0.481 e. The Morgan fingerprint density at radius 1 is 1.11 bits per heavy atom. The van der Waals surface area contributed by atoms with Gasteiger partial charge in [-0.2, -0.15) is 0 Å². The van der Waals surface area contributed by atoms with Crippen LogP contribution in [0.15, 0.2) is 48.5 Å². The van der Waals surface area contributed by atoms with E-state index in [1.54, 1.807) is 6.92 Å². The number of aliphatic carboxylic acids is 1. The molecule has 1 unspecified atom stereocenters. The molecule has 2 heterocycles. The summed E-state index contributed by atoms with van der Waals surface area (Å²) in [4.78, 5) is 23.4. The van der Waals surface area contributed by atoms with Gasteiger partial charge in [0.15, 0.2) is 5.82 Å². The van der Waals surface area contributed by atoms with Crippen molar-refractivity contribution >= 4 is 45.3 Å². The number of hydrogen-bond donors (Lipinski definition) is 2. The number of imidazole rings is 1. The number of pyridine rings is 1. The second-order valence-corrected chi connectivity index (χ2v) is 10.3. The third-order valence-corrected chi connectivity index (χ3v) is 7.40. The molecule has 0 aliphatic carbocycles. The molecule has 4 aromatic rings. The number of aromatic nitrogens is 3. The highest BCUT2D eigenvalue weighted by atomic mass is 35.5. The predicted octanol–water partition coefficient (Wildman–Crippen LogP) is 6.22. The van der Waals surface area contributed by atoms with Crippen LogP contribution >= 0.6 is 11.6 Å². The first-order chi connectivity index (χ1) is 18.4. The Morgan fingerprint density at radius 3 is 2.66 bits per heavy atom. The highest BCUT2D eigenvalue weighted by molar-refractivity contribution is 6.17. The zero-order chi connectivity index (χ0) is 27.1. The molecule has 2 aromatic heterocycles. The zero-order valence-corrected chi connectivity index (χ0v) is 23.1. The number of anilines is 1. The molecule has 0 aliphatic rings. The molecule has 202 valence electrons. The van der Waals surface area contributed by atoms with E-state index in [9.17, 15) is 9.90 Å². The summed E-state index contributed by atoms with van der Waals surface area (Å²) in [5.41, 5.74) is 11.1. The van der Waals surface area contributed by atoms with Crippen molar-refractivity contribution < 1.29 is 9.90 Å². The monoisotopic (exact) mass is 535 g/mol. The Labute approximate surface area is 229 Å². The van der Waals surface area contributed by atoms with Gasteiger partial charge < -0.3 is 15.4 Å². The van der Waals surface area contributed by atoms with Gasteiger partial charge in [0.05, 0.1) is 17.0 Å². The SMILES string of the molecule is CCCCc1nc2c(N)nc3ccccc3c2n1CCCN(CCCCl)Cc1cccc(C(C)C(=O)O)c1. The minimum absolute atomic E-state index is 0.481. The van der Waals surface area contributed by atoms with Gasteiger partial charge in [-0.15, -0.1) is 11.6 Å². The normalized spacial score (nSPS) is 12.5. The molecular weight excluding hydrogens is 498 g/mol. The fourth-order valence-electron chi connectivity index (χ4n) is 5.04. The second kappa shape index (κ2) is 13.1. The number of nitrogen functional groups attached to an aromatic ring is 1. The number of fused-ring (bicyclic) bond motifs is 3. The lowest BCUT2D eigenvalue weighted by molar-refractivity contribution is -0.138. The molecule has 0 radical (unpaired) electrons. The van der Waals surface area contributed by atoms with Crippen LogP contribution < -0.4 is 5.73 Å². The molecule has 1 atom stereocenters. The molecule has 38 heavy (non-hydrogen) atoms. The molecule has 0 saturated carbocycles. The van der Waals surface area contributed by atoms with Crippen molar-refractivity contribution in [3.05, 3.63) is 65.5 Å². The molecule has 0 spiro atoms. The molecule has 2 aromatic carbocycles. The van der Waals surface area contributed by atoms with Crippen molar-refractivity contribution in [1.29, 1.82) is 0 Å². The summed E-state index contributed by atoms with van der Waals surface area (Å²) in [7, 11) is 0. The van der Waals surface area contributed by atoms with Crippen molar-refractivity contribution in [3.63, 3.8) is 0 Å². The summed E-state index contributed by atoms with van der Waals surface area (Å²) in [6.45, 7) is 7.28.